The van der Waals surface area contributed by atoms with E-state index >= 15 is 0 Å². The second kappa shape index (κ2) is 7.47. The van der Waals surface area contributed by atoms with Crippen LogP contribution in [-0.2, 0) is 0 Å². The highest BCUT2D eigenvalue weighted by Crippen LogP contribution is 2.33. The molecule has 2 aromatic carbocycles. The zero-order valence-corrected chi connectivity index (χ0v) is 14.6. The zero-order valence-electron chi connectivity index (χ0n) is 11.5. The van der Waals surface area contributed by atoms with Gasteiger partial charge in [0.1, 0.15) is 11.6 Å². The van der Waals surface area contributed by atoms with Gasteiger partial charge < -0.3 is 5.32 Å². The van der Waals surface area contributed by atoms with Crippen LogP contribution in [0.3, 0.4) is 0 Å². The summed E-state index contributed by atoms with van der Waals surface area (Å²) in [6, 6.07) is 9.00. The maximum Gasteiger partial charge on any atom is 0.131 e. The van der Waals surface area contributed by atoms with Crippen LogP contribution in [0.1, 0.15) is 30.5 Å². The predicted molar refractivity (Wildman–Crippen MR) is 88.3 cm³/mol. The monoisotopic (exact) mass is 417 g/mol. The molecule has 1 N–H and O–H groups in total. The van der Waals surface area contributed by atoms with E-state index in [0.29, 0.717) is 6.54 Å². The van der Waals surface area contributed by atoms with Crippen molar-refractivity contribution in [3.05, 3.63) is 68.1 Å². The van der Waals surface area contributed by atoms with E-state index in [1.165, 1.54) is 18.2 Å². The van der Waals surface area contributed by atoms with Gasteiger partial charge in [-0.15, -0.1) is 0 Å². The van der Waals surface area contributed by atoms with Gasteiger partial charge in [-0.25, -0.2) is 8.78 Å². The number of rotatable bonds is 5. The van der Waals surface area contributed by atoms with Crippen LogP contribution < -0.4 is 5.32 Å². The van der Waals surface area contributed by atoms with Gasteiger partial charge in [-0.3, -0.25) is 0 Å². The van der Waals surface area contributed by atoms with E-state index < -0.39 is 17.7 Å². The Morgan fingerprint density at radius 2 is 1.76 bits per heavy atom. The standard InChI is InChI=1S/C16H15Br2F2N/c1-2-8-21-16(11-9-10(17)6-7-12(11)18)15-13(19)4-3-5-14(15)20/h3-7,9,16,21H,2,8H2,1H3. The first-order valence-electron chi connectivity index (χ1n) is 6.66. The van der Waals surface area contributed by atoms with Crippen LogP contribution in [0.2, 0.25) is 0 Å². The van der Waals surface area contributed by atoms with Gasteiger partial charge in [0.05, 0.1) is 6.04 Å². The van der Waals surface area contributed by atoms with Gasteiger partial charge in [0, 0.05) is 14.5 Å². The molecule has 0 saturated heterocycles. The molecule has 1 nitrogen and oxygen atoms in total. The Morgan fingerprint density at radius 3 is 2.38 bits per heavy atom. The van der Waals surface area contributed by atoms with Crippen LogP contribution in [0.25, 0.3) is 0 Å². The molecule has 5 heteroatoms. The van der Waals surface area contributed by atoms with Crippen molar-refractivity contribution in [2.45, 2.75) is 19.4 Å². The lowest BCUT2D eigenvalue weighted by molar-refractivity contribution is 0.502. The van der Waals surface area contributed by atoms with Crippen molar-refractivity contribution in [1.29, 1.82) is 0 Å². The van der Waals surface area contributed by atoms with Crippen molar-refractivity contribution in [3.8, 4) is 0 Å². The van der Waals surface area contributed by atoms with Crippen molar-refractivity contribution in [2.24, 2.45) is 0 Å². The quantitative estimate of drug-likeness (QED) is 0.668. The minimum atomic E-state index is -0.546. The number of nitrogens with one attached hydrogen (secondary N) is 1. The summed E-state index contributed by atoms with van der Waals surface area (Å²) >= 11 is 6.87. The molecule has 0 bridgehead atoms. The fourth-order valence-electron chi connectivity index (χ4n) is 2.18. The van der Waals surface area contributed by atoms with Crippen molar-refractivity contribution >= 4 is 31.9 Å². The first-order chi connectivity index (χ1) is 10.0. The highest BCUT2D eigenvalue weighted by atomic mass is 79.9. The van der Waals surface area contributed by atoms with Crippen molar-refractivity contribution in [1.82, 2.24) is 5.32 Å². The van der Waals surface area contributed by atoms with Crippen LogP contribution in [0.15, 0.2) is 45.3 Å². The molecule has 1 unspecified atom stereocenters. The van der Waals surface area contributed by atoms with Gasteiger partial charge in [-0.2, -0.15) is 0 Å². The second-order valence-corrected chi connectivity index (χ2v) is 6.46. The Labute approximate surface area is 140 Å². The van der Waals surface area contributed by atoms with Gasteiger partial charge in [0.2, 0.25) is 0 Å². The molecule has 0 aromatic heterocycles. The third-order valence-electron chi connectivity index (χ3n) is 3.16. The second-order valence-electron chi connectivity index (χ2n) is 4.69. The molecule has 0 fully saturated rings. The Kier molecular flexibility index (Phi) is 5.90. The lowest BCUT2D eigenvalue weighted by Crippen LogP contribution is -2.25. The largest absolute Gasteiger partial charge is 0.306 e. The lowest BCUT2D eigenvalue weighted by Gasteiger charge is -2.22. The van der Waals surface area contributed by atoms with Gasteiger partial charge in [-0.05, 0) is 48.9 Å². The molecule has 0 aliphatic carbocycles. The fourth-order valence-corrected chi connectivity index (χ4v) is 3.03. The SMILES string of the molecule is CCCNC(c1cc(Br)ccc1Br)c1c(F)cccc1F. The van der Waals surface area contributed by atoms with Crippen LogP contribution in [-0.4, -0.2) is 6.54 Å². The third-order valence-corrected chi connectivity index (χ3v) is 4.37. The van der Waals surface area contributed by atoms with E-state index in [2.05, 4.69) is 37.2 Å². The molecule has 0 aliphatic rings. The topological polar surface area (TPSA) is 12.0 Å². The molecule has 0 spiro atoms. The van der Waals surface area contributed by atoms with E-state index in [4.69, 9.17) is 0 Å². The highest BCUT2D eigenvalue weighted by molar-refractivity contribution is 9.11. The molecule has 0 saturated carbocycles. The Hall–Kier alpha value is -0.780. The van der Waals surface area contributed by atoms with Gasteiger partial charge in [0.15, 0.2) is 0 Å². The van der Waals surface area contributed by atoms with E-state index in [9.17, 15) is 8.78 Å². The molecular weight excluding hydrogens is 404 g/mol. The van der Waals surface area contributed by atoms with Gasteiger partial charge >= 0.3 is 0 Å². The summed E-state index contributed by atoms with van der Waals surface area (Å²) in [7, 11) is 0. The maximum absolute atomic E-state index is 14.1. The maximum atomic E-state index is 14.1. The molecule has 0 amide bonds. The summed E-state index contributed by atoms with van der Waals surface area (Å²) in [6.45, 7) is 2.68. The molecule has 21 heavy (non-hydrogen) atoms. The number of hydrogen-bond acceptors (Lipinski definition) is 1. The smallest absolute Gasteiger partial charge is 0.131 e. The molecule has 1 atom stereocenters. The van der Waals surface area contributed by atoms with Gasteiger partial charge in [-0.1, -0.05) is 44.8 Å². The predicted octanol–water partition coefficient (Wildman–Crippen LogP) is 5.58. The third kappa shape index (κ3) is 3.90. The Bertz CT molecular complexity index is 611. The summed E-state index contributed by atoms with van der Waals surface area (Å²) in [5.41, 5.74) is 0.839. The molecule has 2 aromatic rings. The van der Waals surface area contributed by atoms with E-state index in [1.807, 2.05) is 25.1 Å². The summed E-state index contributed by atoms with van der Waals surface area (Å²) in [6.07, 6.45) is 0.873. The van der Waals surface area contributed by atoms with Crippen LogP contribution >= 0.6 is 31.9 Å². The van der Waals surface area contributed by atoms with E-state index in [-0.39, 0.29) is 5.56 Å². The molecule has 0 radical (unpaired) electrons. The van der Waals surface area contributed by atoms with E-state index in [0.717, 1.165) is 20.9 Å². The summed E-state index contributed by atoms with van der Waals surface area (Å²) < 4.78 is 29.9. The van der Waals surface area contributed by atoms with Crippen LogP contribution in [0.5, 0.6) is 0 Å². The summed E-state index contributed by atoms with van der Waals surface area (Å²) in [5, 5.41) is 3.22. The van der Waals surface area contributed by atoms with Crippen LogP contribution in [0, 0.1) is 11.6 Å². The molecular formula is C16H15Br2F2N. The van der Waals surface area contributed by atoms with Crippen molar-refractivity contribution in [2.75, 3.05) is 6.54 Å². The number of benzene rings is 2. The number of hydrogen-bond donors (Lipinski definition) is 1. The molecule has 0 heterocycles. The Balaban J connectivity index is 2.55. The lowest BCUT2D eigenvalue weighted by atomic mass is 9.97. The minimum Gasteiger partial charge on any atom is -0.306 e. The van der Waals surface area contributed by atoms with Crippen molar-refractivity contribution < 1.29 is 8.78 Å². The van der Waals surface area contributed by atoms with E-state index in [1.54, 1.807) is 0 Å². The number of halogens is 4. The zero-order chi connectivity index (χ0) is 15.4. The molecule has 0 aliphatic heterocycles. The highest BCUT2D eigenvalue weighted by Gasteiger charge is 2.23. The summed E-state index contributed by atoms with van der Waals surface area (Å²) in [5.74, 6) is -1.09. The fraction of sp³-hybridized carbons (Fsp3) is 0.250. The first-order valence-corrected chi connectivity index (χ1v) is 8.25. The van der Waals surface area contributed by atoms with Crippen molar-refractivity contribution in [3.63, 3.8) is 0 Å². The first kappa shape index (κ1) is 16.6. The Morgan fingerprint density at radius 1 is 1.10 bits per heavy atom. The summed E-state index contributed by atoms with van der Waals surface area (Å²) in [4.78, 5) is 0. The average molecular weight is 419 g/mol. The minimum absolute atomic E-state index is 0.0461. The van der Waals surface area contributed by atoms with Gasteiger partial charge in [0.25, 0.3) is 0 Å². The van der Waals surface area contributed by atoms with Crippen LogP contribution in [0.4, 0.5) is 8.78 Å². The average Bonchev–Trinajstić information content (AvgIpc) is 2.45. The molecule has 112 valence electrons. The normalized spacial score (nSPS) is 12.4. The molecule has 2 rings (SSSR count).